The number of hydrogen-bond donors (Lipinski definition) is 2. The van der Waals surface area contributed by atoms with Gasteiger partial charge in [0.05, 0.1) is 0 Å². The number of aromatic hydroxyl groups is 1. The molecule has 2 heterocycles. The van der Waals surface area contributed by atoms with Gasteiger partial charge in [-0.15, -0.1) is 11.3 Å². The van der Waals surface area contributed by atoms with E-state index in [-0.39, 0.29) is 5.56 Å². The smallest absolute Gasteiger partial charge is 0.266 e. The highest BCUT2D eigenvalue weighted by Crippen LogP contribution is 2.41. The summed E-state index contributed by atoms with van der Waals surface area (Å²) in [5.41, 5.74) is 2.84. The van der Waals surface area contributed by atoms with Gasteiger partial charge >= 0.3 is 0 Å². The van der Waals surface area contributed by atoms with E-state index in [2.05, 4.69) is 30.1 Å². The maximum absolute atomic E-state index is 12.3. The van der Waals surface area contributed by atoms with Crippen LogP contribution in [-0.4, -0.2) is 35.6 Å². The average molecular weight is 369 g/mol. The lowest BCUT2D eigenvalue weighted by molar-refractivity contribution is 0.338. The van der Waals surface area contributed by atoms with Gasteiger partial charge < -0.3 is 15.0 Å². The van der Waals surface area contributed by atoms with Gasteiger partial charge in [-0.1, -0.05) is 6.08 Å². The van der Waals surface area contributed by atoms with Gasteiger partial charge in [-0.3, -0.25) is 4.79 Å². The van der Waals surface area contributed by atoms with Crippen molar-refractivity contribution in [3.05, 3.63) is 45.6 Å². The number of fused-ring (bicyclic) bond motifs is 3. The van der Waals surface area contributed by atoms with Crippen molar-refractivity contribution in [3.8, 4) is 5.75 Å². The van der Waals surface area contributed by atoms with E-state index in [1.807, 2.05) is 11.4 Å². The molecule has 26 heavy (non-hydrogen) atoms. The molecule has 1 aliphatic rings. The van der Waals surface area contributed by atoms with Gasteiger partial charge in [0.2, 0.25) is 0 Å². The van der Waals surface area contributed by atoms with Crippen LogP contribution in [0.15, 0.2) is 34.4 Å². The topological polar surface area (TPSA) is 56.3 Å². The van der Waals surface area contributed by atoms with Gasteiger partial charge in [-0.2, -0.15) is 0 Å². The number of nitrogens with one attached hydrogen (secondary N) is 1. The second-order valence-electron chi connectivity index (χ2n) is 7.46. The molecule has 3 aromatic rings. The average Bonchev–Trinajstić information content (AvgIpc) is 3.12. The van der Waals surface area contributed by atoms with E-state index in [1.165, 1.54) is 23.3 Å². The summed E-state index contributed by atoms with van der Waals surface area (Å²) in [7, 11) is 4.23. The fraction of sp³-hybridized carbons (Fsp3) is 0.381. The molecule has 1 aliphatic carbocycles. The Balaban J connectivity index is 1.78. The first-order valence-corrected chi connectivity index (χ1v) is 10.0. The van der Waals surface area contributed by atoms with Crippen LogP contribution >= 0.6 is 11.3 Å². The highest BCUT2D eigenvalue weighted by molar-refractivity contribution is 7.17. The Bertz CT molecular complexity index is 1050. The molecule has 1 aromatic carbocycles. The van der Waals surface area contributed by atoms with Gasteiger partial charge in [0.15, 0.2) is 0 Å². The third-order valence-electron chi connectivity index (χ3n) is 5.40. The number of rotatable bonds is 4. The zero-order valence-corrected chi connectivity index (χ0v) is 16.0. The van der Waals surface area contributed by atoms with Gasteiger partial charge in [-0.05, 0) is 81.4 Å². The van der Waals surface area contributed by atoms with E-state index < -0.39 is 0 Å². The monoisotopic (exact) mass is 368 g/mol. The van der Waals surface area contributed by atoms with E-state index in [9.17, 15) is 9.90 Å². The minimum absolute atomic E-state index is 0.0551. The summed E-state index contributed by atoms with van der Waals surface area (Å²) >= 11 is 1.45. The number of aromatic nitrogens is 1. The first-order chi connectivity index (χ1) is 12.5. The molecule has 2 N–H and O–H groups in total. The van der Waals surface area contributed by atoms with Gasteiger partial charge in [0, 0.05) is 21.9 Å². The van der Waals surface area contributed by atoms with Crippen LogP contribution in [-0.2, 0) is 0 Å². The molecular formula is C21H24N2O2S. The zero-order chi connectivity index (χ0) is 18.3. The number of H-pyrrole nitrogens is 1. The number of aromatic amines is 1. The number of benzene rings is 1. The molecule has 1 unspecified atom stereocenters. The maximum atomic E-state index is 12.3. The summed E-state index contributed by atoms with van der Waals surface area (Å²) in [6.45, 7) is 1.12. The van der Waals surface area contributed by atoms with E-state index in [4.69, 9.17) is 0 Å². The molecule has 0 amide bonds. The molecular weight excluding hydrogens is 344 g/mol. The first-order valence-electron chi connectivity index (χ1n) is 9.14. The number of pyridine rings is 1. The zero-order valence-electron chi connectivity index (χ0n) is 15.2. The molecule has 5 heteroatoms. The van der Waals surface area contributed by atoms with E-state index >= 15 is 0 Å². The number of phenols is 1. The summed E-state index contributed by atoms with van der Waals surface area (Å²) in [5, 5.41) is 14.5. The normalized spacial score (nSPS) is 18.0. The van der Waals surface area contributed by atoms with Crippen LogP contribution in [0.4, 0.5) is 0 Å². The predicted molar refractivity (Wildman–Crippen MR) is 110 cm³/mol. The largest absolute Gasteiger partial charge is 0.507 e. The molecule has 4 rings (SSSR count). The molecule has 0 fully saturated rings. The second kappa shape index (κ2) is 6.89. The van der Waals surface area contributed by atoms with Crippen LogP contribution in [0.1, 0.15) is 31.2 Å². The number of allylic oxidation sites excluding steroid dienone is 2. The number of nitrogens with zero attached hydrogens (tertiary/aromatic N) is 1. The van der Waals surface area contributed by atoms with Crippen molar-refractivity contribution in [3.63, 3.8) is 0 Å². The van der Waals surface area contributed by atoms with Crippen molar-refractivity contribution in [2.45, 2.75) is 25.7 Å². The highest BCUT2D eigenvalue weighted by Gasteiger charge is 2.21. The summed E-state index contributed by atoms with van der Waals surface area (Å²) in [6, 6.07) is 5.49. The minimum atomic E-state index is -0.0551. The molecule has 2 aromatic heterocycles. The molecule has 0 bridgehead atoms. The summed E-state index contributed by atoms with van der Waals surface area (Å²) in [4.78, 5) is 17.5. The van der Waals surface area contributed by atoms with Crippen LogP contribution < -0.4 is 5.56 Å². The van der Waals surface area contributed by atoms with Gasteiger partial charge in [0.1, 0.15) is 10.4 Å². The Hall–Kier alpha value is -2.11. The van der Waals surface area contributed by atoms with Crippen LogP contribution in [0.3, 0.4) is 0 Å². The Morgan fingerprint density at radius 2 is 2.15 bits per heavy atom. The maximum Gasteiger partial charge on any atom is 0.266 e. The standard InChI is InChI=1S/C21H24N2O2S/c1-23(2)11-9-13-3-5-14(6-4-13)18-17(24)8-7-16-19(18)15-10-12-26-20(15)21(25)22-16/h5,7-8,10,12-13,24H,3-4,6,9,11H2,1-2H3,(H,22,25). The molecule has 0 radical (unpaired) electrons. The van der Waals surface area contributed by atoms with E-state index in [1.54, 1.807) is 12.1 Å². The van der Waals surface area contributed by atoms with Crippen molar-refractivity contribution >= 4 is 37.9 Å². The Morgan fingerprint density at radius 3 is 2.88 bits per heavy atom. The van der Waals surface area contributed by atoms with Crippen molar-refractivity contribution in [1.82, 2.24) is 9.88 Å². The first kappa shape index (κ1) is 17.3. The SMILES string of the molecule is CN(C)CCC1CC=C(c2c(O)ccc3[nH]c(=O)c4sccc4c23)CC1. The lowest BCUT2D eigenvalue weighted by Gasteiger charge is -2.24. The van der Waals surface area contributed by atoms with E-state index in [0.29, 0.717) is 11.7 Å². The van der Waals surface area contributed by atoms with Crippen LogP contribution in [0, 0.1) is 5.92 Å². The van der Waals surface area contributed by atoms with Crippen molar-refractivity contribution in [2.24, 2.45) is 5.92 Å². The van der Waals surface area contributed by atoms with Crippen LogP contribution in [0.2, 0.25) is 0 Å². The van der Waals surface area contributed by atoms with Crippen molar-refractivity contribution < 1.29 is 5.11 Å². The fourth-order valence-electron chi connectivity index (χ4n) is 3.98. The lowest BCUT2D eigenvalue weighted by Crippen LogP contribution is -2.17. The highest BCUT2D eigenvalue weighted by atomic mass is 32.1. The third-order valence-corrected chi connectivity index (χ3v) is 6.31. The molecule has 0 aliphatic heterocycles. The number of phenolic OH excluding ortho intramolecular Hbond substituents is 1. The summed E-state index contributed by atoms with van der Waals surface area (Å²) < 4.78 is 0.726. The van der Waals surface area contributed by atoms with Crippen molar-refractivity contribution in [2.75, 3.05) is 20.6 Å². The molecule has 0 spiro atoms. The molecule has 0 saturated carbocycles. The summed E-state index contributed by atoms with van der Waals surface area (Å²) in [5.74, 6) is 1.01. The Kier molecular flexibility index (Phi) is 4.59. The Morgan fingerprint density at radius 1 is 1.31 bits per heavy atom. The third kappa shape index (κ3) is 3.06. The predicted octanol–water partition coefficient (Wildman–Crippen LogP) is 4.58. The second-order valence-corrected chi connectivity index (χ2v) is 8.38. The van der Waals surface area contributed by atoms with Crippen molar-refractivity contribution in [1.29, 1.82) is 0 Å². The fourth-order valence-corrected chi connectivity index (χ4v) is 4.78. The number of hydrogen-bond acceptors (Lipinski definition) is 4. The van der Waals surface area contributed by atoms with E-state index in [0.717, 1.165) is 52.4 Å². The molecule has 4 nitrogen and oxygen atoms in total. The molecule has 1 atom stereocenters. The molecule has 136 valence electrons. The summed E-state index contributed by atoms with van der Waals surface area (Å²) in [6.07, 6.45) is 6.66. The Labute approximate surface area is 156 Å². The van der Waals surface area contributed by atoms with Gasteiger partial charge in [0.25, 0.3) is 5.56 Å². The van der Waals surface area contributed by atoms with Crippen LogP contribution in [0.5, 0.6) is 5.75 Å². The minimum Gasteiger partial charge on any atom is -0.507 e. The van der Waals surface area contributed by atoms with Crippen LogP contribution in [0.25, 0.3) is 26.6 Å². The number of thiophene rings is 1. The molecule has 0 saturated heterocycles. The lowest BCUT2D eigenvalue weighted by atomic mass is 9.83. The van der Waals surface area contributed by atoms with Gasteiger partial charge in [-0.25, -0.2) is 0 Å². The quantitative estimate of drug-likeness (QED) is 0.708.